The van der Waals surface area contributed by atoms with Crippen molar-refractivity contribution >= 4 is 5.69 Å². The van der Waals surface area contributed by atoms with Gasteiger partial charge in [0.15, 0.2) is 0 Å². The molecule has 1 saturated heterocycles. The lowest BCUT2D eigenvalue weighted by molar-refractivity contribution is -0.274. The number of benzene rings is 1. The molecule has 118 valence electrons. The number of rotatable bonds is 2. The van der Waals surface area contributed by atoms with Crippen molar-refractivity contribution in [1.29, 1.82) is 5.26 Å². The first kappa shape index (κ1) is 15.0. The first-order valence-electron chi connectivity index (χ1n) is 7.40. The third-order valence-electron chi connectivity index (χ3n) is 4.80. The Bertz CT molecular complexity index is 561. The molecule has 2 fully saturated rings. The summed E-state index contributed by atoms with van der Waals surface area (Å²) in [6, 6.07) is 8.35. The molecular formula is C16H17F3N2O. The van der Waals surface area contributed by atoms with E-state index in [1.54, 1.807) is 12.1 Å². The first-order valence-corrected chi connectivity index (χ1v) is 7.40. The molecule has 0 atom stereocenters. The maximum absolute atomic E-state index is 12.1. The van der Waals surface area contributed by atoms with Gasteiger partial charge < -0.3 is 9.64 Å². The average Bonchev–Trinajstić information content (AvgIpc) is 2.44. The quantitative estimate of drug-likeness (QED) is 0.825. The van der Waals surface area contributed by atoms with E-state index in [-0.39, 0.29) is 11.7 Å². The van der Waals surface area contributed by atoms with Gasteiger partial charge in [-0.15, -0.1) is 13.2 Å². The van der Waals surface area contributed by atoms with Crippen LogP contribution in [0.1, 0.15) is 25.7 Å². The van der Waals surface area contributed by atoms with Crippen LogP contribution in [0.2, 0.25) is 0 Å². The molecule has 0 unspecified atom stereocenters. The molecule has 0 aromatic heterocycles. The Morgan fingerprint density at radius 1 is 1.14 bits per heavy atom. The van der Waals surface area contributed by atoms with Gasteiger partial charge in [0.1, 0.15) is 5.75 Å². The lowest BCUT2D eigenvalue weighted by atomic mass is 9.58. The maximum atomic E-state index is 12.1. The smallest absolute Gasteiger partial charge is 0.406 e. The van der Waals surface area contributed by atoms with Gasteiger partial charge >= 0.3 is 6.36 Å². The molecule has 0 amide bonds. The fourth-order valence-electron chi connectivity index (χ4n) is 3.58. The highest BCUT2D eigenvalue weighted by Crippen LogP contribution is 2.52. The molecule has 2 aliphatic rings. The van der Waals surface area contributed by atoms with Crippen LogP contribution in [0.15, 0.2) is 24.3 Å². The van der Waals surface area contributed by atoms with E-state index < -0.39 is 6.36 Å². The van der Waals surface area contributed by atoms with Gasteiger partial charge in [0, 0.05) is 24.7 Å². The number of ether oxygens (including phenoxy) is 1. The van der Waals surface area contributed by atoms with Crippen molar-refractivity contribution in [2.75, 3.05) is 18.0 Å². The minimum atomic E-state index is -4.65. The summed E-state index contributed by atoms with van der Waals surface area (Å²) in [7, 11) is 0. The van der Waals surface area contributed by atoms with Gasteiger partial charge in [-0.2, -0.15) is 5.26 Å². The third-order valence-corrected chi connectivity index (χ3v) is 4.80. The standard InChI is InChI=1S/C16H17F3N2O/c17-16(18,19)22-14-3-1-13(2-4-14)21-7-5-15(6-8-21)9-12(10-15)11-20/h1-4,12H,5-10H2. The van der Waals surface area contributed by atoms with Gasteiger partial charge in [-0.25, -0.2) is 0 Å². The molecule has 1 saturated carbocycles. The fourth-order valence-corrected chi connectivity index (χ4v) is 3.58. The molecule has 1 aliphatic heterocycles. The molecule has 0 bridgehead atoms. The topological polar surface area (TPSA) is 36.3 Å². The fraction of sp³-hybridized carbons (Fsp3) is 0.562. The van der Waals surface area contributed by atoms with Crippen LogP contribution in [0.4, 0.5) is 18.9 Å². The summed E-state index contributed by atoms with van der Waals surface area (Å²) in [6.07, 6.45) is -0.566. The van der Waals surface area contributed by atoms with Crippen molar-refractivity contribution in [3.05, 3.63) is 24.3 Å². The first-order chi connectivity index (χ1) is 10.4. The number of halogens is 3. The molecule has 22 heavy (non-hydrogen) atoms. The van der Waals surface area contributed by atoms with E-state index in [4.69, 9.17) is 5.26 Å². The highest BCUT2D eigenvalue weighted by atomic mass is 19.4. The lowest BCUT2D eigenvalue weighted by Gasteiger charge is -2.50. The summed E-state index contributed by atoms with van der Waals surface area (Å²) >= 11 is 0. The van der Waals surface area contributed by atoms with Gasteiger partial charge in [-0.3, -0.25) is 0 Å². The largest absolute Gasteiger partial charge is 0.573 e. The predicted molar refractivity (Wildman–Crippen MR) is 75.3 cm³/mol. The Labute approximate surface area is 127 Å². The highest BCUT2D eigenvalue weighted by molar-refractivity contribution is 5.49. The van der Waals surface area contributed by atoms with E-state index in [0.29, 0.717) is 5.41 Å². The highest BCUT2D eigenvalue weighted by Gasteiger charge is 2.45. The zero-order valence-corrected chi connectivity index (χ0v) is 12.1. The second kappa shape index (κ2) is 5.38. The van der Waals surface area contributed by atoms with Crippen LogP contribution in [0.5, 0.6) is 5.75 Å². The SMILES string of the molecule is N#CC1CC2(CCN(c3ccc(OC(F)(F)F)cc3)CC2)C1. The molecule has 6 heteroatoms. The van der Waals surface area contributed by atoms with Crippen LogP contribution < -0.4 is 9.64 Å². The van der Waals surface area contributed by atoms with Gasteiger partial charge in [0.2, 0.25) is 0 Å². The van der Waals surface area contributed by atoms with Crippen molar-refractivity contribution in [3.8, 4) is 11.8 Å². The Kier molecular flexibility index (Phi) is 3.67. The van der Waals surface area contributed by atoms with Gasteiger partial charge in [-0.1, -0.05) is 0 Å². The van der Waals surface area contributed by atoms with Gasteiger partial charge in [0.25, 0.3) is 0 Å². The van der Waals surface area contributed by atoms with Crippen molar-refractivity contribution in [1.82, 2.24) is 0 Å². The van der Waals surface area contributed by atoms with Gasteiger partial charge in [-0.05, 0) is 55.4 Å². The molecule has 3 rings (SSSR count). The van der Waals surface area contributed by atoms with E-state index in [1.807, 2.05) is 0 Å². The summed E-state index contributed by atoms with van der Waals surface area (Å²) in [4.78, 5) is 2.18. The average molecular weight is 310 g/mol. The number of piperidine rings is 1. The Morgan fingerprint density at radius 3 is 2.23 bits per heavy atom. The van der Waals surface area contributed by atoms with Crippen molar-refractivity contribution in [2.45, 2.75) is 32.0 Å². The zero-order valence-electron chi connectivity index (χ0n) is 12.1. The van der Waals surface area contributed by atoms with Crippen molar-refractivity contribution in [2.24, 2.45) is 11.3 Å². The number of nitriles is 1. The van der Waals surface area contributed by atoms with Crippen molar-refractivity contribution in [3.63, 3.8) is 0 Å². The van der Waals surface area contributed by atoms with E-state index in [1.165, 1.54) is 12.1 Å². The summed E-state index contributed by atoms with van der Waals surface area (Å²) in [6.45, 7) is 1.77. The summed E-state index contributed by atoms with van der Waals surface area (Å²) in [5.74, 6) is 0.0194. The van der Waals surface area contributed by atoms with E-state index in [2.05, 4.69) is 15.7 Å². The molecule has 1 aliphatic carbocycles. The Balaban J connectivity index is 1.57. The van der Waals surface area contributed by atoms with Crippen LogP contribution in [0, 0.1) is 22.7 Å². The minimum Gasteiger partial charge on any atom is -0.406 e. The minimum absolute atomic E-state index is 0.194. The number of hydrogen-bond donors (Lipinski definition) is 0. The third kappa shape index (κ3) is 3.13. The number of anilines is 1. The van der Waals surface area contributed by atoms with Crippen molar-refractivity contribution < 1.29 is 17.9 Å². The molecule has 1 aromatic rings. The second-order valence-electron chi connectivity index (χ2n) is 6.26. The van der Waals surface area contributed by atoms with Crippen LogP contribution in [-0.2, 0) is 0 Å². The predicted octanol–water partition coefficient (Wildman–Crippen LogP) is 4.11. The Hall–Kier alpha value is -1.90. The van der Waals surface area contributed by atoms with Crippen LogP contribution in [0.3, 0.4) is 0 Å². The monoisotopic (exact) mass is 310 g/mol. The molecule has 3 nitrogen and oxygen atoms in total. The number of hydrogen-bond acceptors (Lipinski definition) is 3. The molecule has 1 heterocycles. The van der Waals surface area contributed by atoms with E-state index in [0.717, 1.165) is 44.5 Å². The molecule has 0 radical (unpaired) electrons. The number of alkyl halides is 3. The second-order valence-corrected chi connectivity index (χ2v) is 6.26. The van der Waals surface area contributed by atoms with Gasteiger partial charge in [0.05, 0.1) is 6.07 Å². The zero-order chi connectivity index (χ0) is 15.8. The normalized spacial score (nSPS) is 21.3. The van der Waals surface area contributed by atoms with Crippen LogP contribution in [-0.4, -0.2) is 19.5 Å². The summed E-state index contributed by atoms with van der Waals surface area (Å²) in [5, 5.41) is 8.88. The van der Waals surface area contributed by atoms with Crippen LogP contribution >= 0.6 is 0 Å². The summed E-state index contributed by atoms with van der Waals surface area (Å²) < 4.78 is 40.3. The maximum Gasteiger partial charge on any atom is 0.573 e. The lowest BCUT2D eigenvalue weighted by Crippen LogP contribution is -2.46. The van der Waals surface area contributed by atoms with Crippen LogP contribution in [0.25, 0.3) is 0 Å². The molecular weight excluding hydrogens is 293 g/mol. The molecule has 1 aromatic carbocycles. The Morgan fingerprint density at radius 2 is 1.73 bits per heavy atom. The van der Waals surface area contributed by atoms with E-state index >= 15 is 0 Å². The molecule has 1 spiro atoms. The summed E-state index contributed by atoms with van der Waals surface area (Å²) in [5.41, 5.74) is 1.25. The number of nitrogens with zero attached hydrogens (tertiary/aromatic N) is 2. The van der Waals surface area contributed by atoms with E-state index in [9.17, 15) is 13.2 Å². The molecule has 0 N–H and O–H groups in total.